The molecule has 0 heterocycles. The van der Waals surface area contributed by atoms with Crippen LogP contribution in [0.1, 0.15) is 106 Å². The average Bonchev–Trinajstić information content (AvgIpc) is 2.60. The first-order valence-electron chi connectivity index (χ1n) is 11.4. The summed E-state index contributed by atoms with van der Waals surface area (Å²) in [5, 5.41) is 19.8. The van der Waals surface area contributed by atoms with E-state index in [9.17, 15) is 4.79 Å². The molecular weight excluding hydrogens is 368 g/mol. The van der Waals surface area contributed by atoms with Gasteiger partial charge in [-0.05, 0) is 67.2 Å². The molecule has 29 heavy (non-hydrogen) atoms. The summed E-state index contributed by atoms with van der Waals surface area (Å²) in [6, 6.07) is 0.619. The maximum Gasteiger partial charge on any atom is 0.322 e. The molecule has 0 aromatic rings. The number of carboxylic acid groups (broad SMARTS) is 1. The Labute approximate surface area is 179 Å². The first kappa shape index (κ1) is 28.3. The molecule has 2 aliphatic carbocycles. The molecule has 0 bridgehead atoms. The summed E-state index contributed by atoms with van der Waals surface area (Å²) in [4.78, 5) is 9.65. The predicted octanol–water partition coefficient (Wildman–Crippen LogP) is 4.23. The lowest BCUT2D eigenvalue weighted by Gasteiger charge is -2.30. The molecule has 0 amide bonds. The van der Waals surface area contributed by atoms with E-state index in [2.05, 4.69) is 46.9 Å². The third kappa shape index (κ3) is 17.8. The van der Waals surface area contributed by atoms with Crippen molar-refractivity contribution in [3.63, 3.8) is 0 Å². The van der Waals surface area contributed by atoms with E-state index in [1.54, 1.807) is 0 Å². The highest BCUT2D eigenvalue weighted by Crippen LogP contribution is 2.22. The Morgan fingerprint density at radius 1 is 0.897 bits per heavy atom. The van der Waals surface area contributed by atoms with Crippen LogP contribution in [0.4, 0.5) is 0 Å². The van der Waals surface area contributed by atoms with Gasteiger partial charge in [-0.1, -0.05) is 38.5 Å². The van der Waals surface area contributed by atoms with Gasteiger partial charge in [0.1, 0.15) is 6.04 Å². The molecule has 2 rings (SSSR count). The van der Waals surface area contributed by atoms with Crippen LogP contribution in [-0.4, -0.2) is 52.1 Å². The van der Waals surface area contributed by atoms with Crippen molar-refractivity contribution in [3.8, 4) is 0 Å². The number of aliphatic carboxylic acids is 1. The highest BCUT2D eigenvalue weighted by Gasteiger charge is 2.20. The Morgan fingerprint density at radius 3 is 1.41 bits per heavy atom. The zero-order chi connectivity index (χ0) is 22.5. The van der Waals surface area contributed by atoms with E-state index in [1.165, 1.54) is 64.2 Å². The summed E-state index contributed by atoms with van der Waals surface area (Å²) in [6.07, 6.45) is 14.6. The van der Waals surface area contributed by atoms with E-state index in [0.29, 0.717) is 0 Å². The van der Waals surface area contributed by atoms with E-state index in [1.807, 2.05) is 0 Å². The third-order valence-corrected chi connectivity index (χ3v) is 4.81. The molecule has 5 N–H and O–H groups in total. The summed E-state index contributed by atoms with van der Waals surface area (Å²) in [6.45, 7) is 11.9. The van der Waals surface area contributed by atoms with Crippen LogP contribution in [0.3, 0.4) is 0 Å². The molecule has 174 valence electrons. The number of nitrogens with two attached hydrogens (primary N) is 1. The van der Waals surface area contributed by atoms with E-state index in [-0.39, 0.29) is 11.2 Å². The molecule has 0 aromatic carbocycles. The van der Waals surface area contributed by atoms with E-state index >= 15 is 0 Å². The van der Waals surface area contributed by atoms with Crippen molar-refractivity contribution in [3.05, 3.63) is 0 Å². The first-order valence-corrected chi connectivity index (χ1v) is 11.4. The van der Waals surface area contributed by atoms with Gasteiger partial charge in [-0.15, -0.1) is 0 Å². The lowest BCUT2D eigenvalue weighted by Crippen LogP contribution is -2.40. The fourth-order valence-corrected chi connectivity index (χ4v) is 3.87. The maximum atomic E-state index is 9.65. The quantitative estimate of drug-likeness (QED) is 0.546. The van der Waals surface area contributed by atoms with Gasteiger partial charge >= 0.3 is 5.97 Å². The van der Waals surface area contributed by atoms with Crippen molar-refractivity contribution >= 4 is 5.97 Å². The fourth-order valence-electron chi connectivity index (χ4n) is 3.87. The minimum Gasteiger partial charge on any atom is -0.480 e. The molecule has 0 aliphatic heterocycles. The molecule has 0 saturated heterocycles. The van der Waals surface area contributed by atoms with Gasteiger partial charge in [-0.25, -0.2) is 0 Å². The summed E-state index contributed by atoms with van der Waals surface area (Å²) < 4.78 is 5.62. The van der Waals surface area contributed by atoms with Crippen LogP contribution in [0.15, 0.2) is 0 Å². The Morgan fingerprint density at radius 2 is 1.24 bits per heavy atom. The van der Waals surface area contributed by atoms with Gasteiger partial charge in [-0.2, -0.15) is 0 Å². The van der Waals surface area contributed by atoms with Crippen molar-refractivity contribution in [1.29, 1.82) is 0 Å². The van der Waals surface area contributed by atoms with Gasteiger partial charge in [-0.3, -0.25) is 4.79 Å². The van der Waals surface area contributed by atoms with Crippen molar-refractivity contribution in [2.45, 2.75) is 135 Å². The number of hydrogen-bond donors (Lipinski definition) is 4. The molecule has 1 atom stereocenters. The standard InChI is InChI=1S/C12H23N.C8H18O.C3H7NO3/c1-3-7-11(8-4-1)13-12-9-5-2-6-10-12;1-7(2,3)9-8(4,5)6;4-2(1-5)3(6)7/h11-13H,1-10H2;1-6H3;2,5H,1,4H2,(H,6,7). The highest BCUT2D eigenvalue weighted by atomic mass is 16.5. The molecule has 0 radical (unpaired) electrons. The van der Waals surface area contributed by atoms with Crippen molar-refractivity contribution in [2.75, 3.05) is 6.61 Å². The SMILES string of the molecule is C1CCC(NC2CCCCC2)CC1.CC(C)(C)OC(C)(C)C.NC(CO)C(=O)O. The predicted molar refractivity (Wildman–Crippen MR) is 120 cm³/mol. The monoisotopic (exact) mass is 416 g/mol. The third-order valence-electron chi connectivity index (χ3n) is 4.81. The van der Waals surface area contributed by atoms with Gasteiger partial charge in [0.2, 0.25) is 0 Å². The summed E-state index contributed by atoms with van der Waals surface area (Å²) in [7, 11) is 0. The van der Waals surface area contributed by atoms with Crippen LogP contribution in [0.5, 0.6) is 0 Å². The number of aliphatic hydroxyl groups excluding tert-OH is 1. The number of rotatable bonds is 4. The van der Waals surface area contributed by atoms with Gasteiger partial charge < -0.3 is 26.0 Å². The summed E-state index contributed by atoms with van der Waals surface area (Å²) in [5.41, 5.74) is 4.73. The van der Waals surface area contributed by atoms with Gasteiger partial charge in [0.25, 0.3) is 0 Å². The number of carboxylic acids is 1. The van der Waals surface area contributed by atoms with Gasteiger partial charge in [0, 0.05) is 12.1 Å². The second-order valence-electron chi connectivity index (χ2n) is 10.3. The topological polar surface area (TPSA) is 105 Å². The molecule has 2 fully saturated rings. The minimum atomic E-state index is -1.18. The lowest BCUT2D eigenvalue weighted by molar-refractivity contribution is -0.139. The fraction of sp³-hybridized carbons (Fsp3) is 0.957. The zero-order valence-electron chi connectivity index (χ0n) is 19.8. The second-order valence-corrected chi connectivity index (χ2v) is 10.3. The van der Waals surface area contributed by atoms with Crippen LogP contribution in [0.2, 0.25) is 0 Å². The lowest BCUT2D eigenvalue weighted by atomic mass is 9.91. The molecular formula is C23H48N2O4. The zero-order valence-corrected chi connectivity index (χ0v) is 19.8. The molecule has 2 saturated carbocycles. The molecule has 0 aromatic heterocycles. The van der Waals surface area contributed by atoms with Crippen LogP contribution in [-0.2, 0) is 9.53 Å². The van der Waals surface area contributed by atoms with Gasteiger partial charge in [0.05, 0.1) is 17.8 Å². The number of nitrogens with one attached hydrogen (secondary N) is 1. The van der Waals surface area contributed by atoms with E-state index < -0.39 is 18.6 Å². The Bertz CT molecular complexity index is 390. The molecule has 2 aliphatic rings. The first-order chi connectivity index (χ1) is 13.3. The molecule has 6 nitrogen and oxygen atoms in total. The maximum absolute atomic E-state index is 9.65. The smallest absolute Gasteiger partial charge is 0.322 e. The Kier molecular flexibility index (Phi) is 14.0. The van der Waals surface area contributed by atoms with E-state index in [0.717, 1.165) is 12.1 Å². The van der Waals surface area contributed by atoms with Crippen LogP contribution in [0, 0.1) is 0 Å². The molecule has 6 heteroatoms. The van der Waals surface area contributed by atoms with Crippen LogP contribution < -0.4 is 11.1 Å². The summed E-state index contributed by atoms with van der Waals surface area (Å²) in [5.74, 6) is -1.18. The van der Waals surface area contributed by atoms with Crippen molar-refractivity contribution in [1.82, 2.24) is 5.32 Å². The van der Waals surface area contributed by atoms with Crippen molar-refractivity contribution in [2.24, 2.45) is 5.73 Å². The number of ether oxygens (including phenoxy) is 1. The average molecular weight is 417 g/mol. The van der Waals surface area contributed by atoms with Crippen LogP contribution in [0.25, 0.3) is 0 Å². The minimum absolute atomic E-state index is 0.0156. The Balaban J connectivity index is 0.000000433. The van der Waals surface area contributed by atoms with Gasteiger partial charge in [0.15, 0.2) is 0 Å². The second kappa shape index (κ2) is 14.3. The molecule has 1 unspecified atom stereocenters. The normalized spacial score (nSPS) is 20.0. The Hall–Kier alpha value is -0.690. The highest BCUT2D eigenvalue weighted by molar-refractivity contribution is 5.73. The largest absolute Gasteiger partial charge is 0.480 e. The molecule has 0 spiro atoms. The number of carbonyl (C=O) groups is 1. The number of aliphatic hydroxyl groups is 1. The number of hydrogen-bond acceptors (Lipinski definition) is 5. The van der Waals surface area contributed by atoms with Crippen LogP contribution >= 0.6 is 0 Å². The van der Waals surface area contributed by atoms with Crippen molar-refractivity contribution < 1.29 is 19.7 Å². The van der Waals surface area contributed by atoms with E-state index in [4.69, 9.17) is 20.7 Å². The summed E-state index contributed by atoms with van der Waals surface area (Å²) >= 11 is 0.